The van der Waals surface area contributed by atoms with E-state index in [-0.39, 0.29) is 31.3 Å². The van der Waals surface area contributed by atoms with E-state index in [9.17, 15) is 9.90 Å². The van der Waals surface area contributed by atoms with Crippen LogP contribution < -0.4 is 10.6 Å². The minimum Gasteiger partial charge on any atom is -0.396 e. The molecule has 6 heteroatoms. The topological polar surface area (TPSA) is 90.8 Å². The Labute approximate surface area is 108 Å². The van der Waals surface area contributed by atoms with E-state index in [0.29, 0.717) is 12.8 Å². The van der Waals surface area contributed by atoms with Crippen LogP contribution in [0.1, 0.15) is 33.1 Å². The number of ether oxygens (including phenoxy) is 1. The Hall–Kier alpha value is -0.850. The number of hydrogen-bond acceptors (Lipinski definition) is 4. The fourth-order valence-corrected chi connectivity index (χ4v) is 2.00. The molecule has 1 rings (SSSR count). The van der Waals surface area contributed by atoms with Gasteiger partial charge in [0, 0.05) is 19.2 Å². The fraction of sp³-hybridized carbons (Fsp3) is 0.917. The predicted molar refractivity (Wildman–Crippen MR) is 67.3 cm³/mol. The van der Waals surface area contributed by atoms with E-state index in [2.05, 4.69) is 10.6 Å². The van der Waals surface area contributed by atoms with Crippen molar-refractivity contribution < 1.29 is 19.7 Å². The van der Waals surface area contributed by atoms with Crippen molar-refractivity contribution in [1.29, 1.82) is 0 Å². The number of aliphatic hydroxyl groups is 2. The normalized spacial score (nSPS) is 28.2. The van der Waals surface area contributed by atoms with Gasteiger partial charge < -0.3 is 25.6 Å². The number of rotatable bonds is 5. The first-order chi connectivity index (χ1) is 8.52. The third-order valence-electron chi connectivity index (χ3n) is 2.92. The molecule has 6 nitrogen and oxygen atoms in total. The molecule has 1 heterocycles. The molecule has 1 aliphatic rings. The first kappa shape index (κ1) is 15.2. The van der Waals surface area contributed by atoms with Gasteiger partial charge in [-0.15, -0.1) is 0 Å². The maximum atomic E-state index is 11.4. The van der Waals surface area contributed by atoms with Gasteiger partial charge in [0.25, 0.3) is 0 Å². The van der Waals surface area contributed by atoms with Gasteiger partial charge in [-0.2, -0.15) is 0 Å². The number of amides is 2. The zero-order valence-corrected chi connectivity index (χ0v) is 11.1. The second kappa shape index (κ2) is 7.56. The van der Waals surface area contributed by atoms with Crippen molar-refractivity contribution in [2.45, 2.75) is 57.5 Å². The molecule has 1 saturated heterocycles. The summed E-state index contributed by atoms with van der Waals surface area (Å²) in [5, 5.41) is 24.0. The minimum absolute atomic E-state index is 0.0293. The summed E-state index contributed by atoms with van der Waals surface area (Å²) < 4.78 is 5.64. The highest BCUT2D eigenvalue weighted by molar-refractivity contribution is 5.74. The van der Waals surface area contributed by atoms with Gasteiger partial charge in [-0.05, 0) is 33.1 Å². The van der Waals surface area contributed by atoms with Gasteiger partial charge in [0.2, 0.25) is 0 Å². The maximum Gasteiger partial charge on any atom is 0.315 e. The molecular formula is C12H24N2O4. The number of aliphatic hydroxyl groups excluding tert-OH is 2. The molecule has 3 atom stereocenters. The van der Waals surface area contributed by atoms with Crippen LogP contribution in [0.3, 0.4) is 0 Å². The second-order valence-electron chi connectivity index (χ2n) is 4.96. The Morgan fingerprint density at radius 3 is 2.78 bits per heavy atom. The molecule has 1 fully saturated rings. The quantitative estimate of drug-likeness (QED) is 0.559. The smallest absolute Gasteiger partial charge is 0.315 e. The monoisotopic (exact) mass is 260 g/mol. The molecule has 0 saturated carbocycles. The van der Waals surface area contributed by atoms with Gasteiger partial charge in [0.05, 0.1) is 12.2 Å². The second-order valence-corrected chi connectivity index (χ2v) is 4.96. The van der Waals surface area contributed by atoms with Crippen molar-refractivity contribution >= 4 is 6.03 Å². The van der Waals surface area contributed by atoms with E-state index in [4.69, 9.17) is 9.84 Å². The lowest BCUT2D eigenvalue weighted by Gasteiger charge is -2.33. The van der Waals surface area contributed by atoms with Crippen molar-refractivity contribution in [2.24, 2.45) is 0 Å². The Morgan fingerprint density at radius 1 is 1.44 bits per heavy atom. The minimum atomic E-state index is -0.556. The standard InChI is InChI=1S/C12H24N2O4/c1-8(2)14-12(17)13-7-11-10(16)4-3-9(18-11)5-6-15/h8-11,15-16H,3-7H2,1-2H3,(H2,13,14,17). The Morgan fingerprint density at radius 2 is 2.17 bits per heavy atom. The molecule has 1 aliphatic heterocycles. The van der Waals surface area contributed by atoms with E-state index < -0.39 is 12.2 Å². The summed E-state index contributed by atoms with van der Waals surface area (Å²) in [5.74, 6) is 0. The van der Waals surface area contributed by atoms with Crippen LogP contribution in [0.15, 0.2) is 0 Å². The summed E-state index contributed by atoms with van der Waals surface area (Å²) in [7, 11) is 0. The van der Waals surface area contributed by atoms with E-state index in [1.165, 1.54) is 0 Å². The Bertz CT molecular complexity index is 260. The first-order valence-corrected chi connectivity index (χ1v) is 6.51. The van der Waals surface area contributed by atoms with Crippen molar-refractivity contribution in [1.82, 2.24) is 10.6 Å². The highest BCUT2D eigenvalue weighted by atomic mass is 16.5. The number of carbonyl (C=O) groups excluding carboxylic acids is 1. The molecule has 0 spiro atoms. The number of nitrogens with one attached hydrogen (secondary N) is 2. The van der Waals surface area contributed by atoms with Gasteiger partial charge in [0.1, 0.15) is 6.10 Å². The zero-order chi connectivity index (χ0) is 13.5. The van der Waals surface area contributed by atoms with Crippen LogP contribution in [0.4, 0.5) is 4.79 Å². The number of urea groups is 1. The molecule has 106 valence electrons. The summed E-state index contributed by atoms with van der Waals surface area (Å²) in [6.07, 6.45) is 0.978. The fourth-order valence-electron chi connectivity index (χ4n) is 2.00. The zero-order valence-electron chi connectivity index (χ0n) is 11.1. The van der Waals surface area contributed by atoms with Crippen LogP contribution in [0.25, 0.3) is 0 Å². The average Bonchev–Trinajstić information content (AvgIpc) is 2.29. The largest absolute Gasteiger partial charge is 0.396 e. The lowest BCUT2D eigenvalue weighted by molar-refractivity contribution is -0.119. The van der Waals surface area contributed by atoms with Crippen LogP contribution in [0.2, 0.25) is 0 Å². The van der Waals surface area contributed by atoms with Crippen LogP contribution in [-0.2, 0) is 4.74 Å². The van der Waals surface area contributed by atoms with Crippen molar-refractivity contribution in [2.75, 3.05) is 13.2 Å². The molecule has 0 bridgehead atoms. The van der Waals surface area contributed by atoms with Crippen molar-refractivity contribution in [3.05, 3.63) is 0 Å². The van der Waals surface area contributed by atoms with Gasteiger partial charge in [-0.1, -0.05) is 0 Å². The van der Waals surface area contributed by atoms with Gasteiger partial charge in [0.15, 0.2) is 0 Å². The third-order valence-corrected chi connectivity index (χ3v) is 2.92. The third kappa shape index (κ3) is 5.20. The summed E-state index contributed by atoms with van der Waals surface area (Å²) >= 11 is 0. The Kier molecular flexibility index (Phi) is 6.38. The lowest BCUT2D eigenvalue weighted by Crippen LogP contribution is -2.49. The van der Waals surface area contributed by atoms with Gasteiger partial charge in [-0.25, -0.2) is 4.79 Å². The highest BCUT2D eigenvalue weighted by Crippen LogP contribution is 2.21. The Balaban J connectivity index is 2.32. The summed E-state index contributed by atoms with van der Waals surface area (Å²) in [4.78, 5) is 11.4. The lowest BCUT2D eigenvalue weighted by atomic mass is 9.99. The van der Waals surface area contributed by atoms with E-state index >= 15 is 0 Å². The van der Waals surface area contributed by atoms with Crippen LogP contribution in [-0.4, -0.2) is 53.7 Å². The number of hydrogen-bond donors (Lipinski definition) is 4. The molecule has 2 amide bonds. The molecule has 0 aromatic rings. The van der Waals surface area contributed by atoms with E-state index in [1.807, 2.05) is 13.8 Å². The van der Waals surface area contributed by atoms with Crippen molar-refractivity contribution in [3.63, 3.8) is 0 Å². The van der Waals surface area contributed by atoms with Crippen LogP contribution >= 0.6 is 0 Å². The highest BCUT2D eigenvalue weighted by Gasteiger charge is 2.29. The molecule has 0 aromatic heterocycles. The molecule has 0 aromatic carbocycles. The van der Waals surface area contributed by atoms with E-state index in [0.717, 1.165) is 6.42 Å². The number of carbonyl (C=O) groups is 1. The van der Waals surface area contributed by atoms with Gasteiger partial charge in [-0.3, -0.25) is 0 Å². The molecule has 3 unspecified atom stereocenters. The maximum absolute atomic E-state index is 11.4. The predicted octanol–water partition coefficient (Wildman–Crippen LogP) is -0.0151. The molecule has 18 heavy (non-hydrogen) atoms. The molecule has 0 aliphatic carbocycles. The van der Waals surface area contributed by atoms with Crippen molar-refractivity contribution in [3.8, 4) is 0 Å². The first-order valence-electron chi connectivity index (χ1n) is 6.51. The van der Waals surface area contributed by atoms with E-state index in [1.54, 1.807) is 0 Å². The summed E-state index contributed by atoms with van der Waals surface area (Å²) in [6.45, 7) is 4.11. The molecular weight excluding hydrogens is 236 g/mol. The summed E-state index contributed by atoms with van der Waals surface area (Å²) in [5.41, 5.74) is 0. The molecule has 4 N–H and O–H groups in total. The average molecular weight is 260 g/mol. The summed E-state index contributed by atoms with van der Waals surface area (Å²) in [6, 6.07) is -0.186. The molecule has 0 radical (unpaired) electrons. The SMILES string of the molecule is CC(C)NC(=O)NCC1OC(CCO)CCC1O. The van der Waals surface area contributed by atoms with Crippen LogP contribution in [0.5, 0.6) is 0 Å². The van der Waals surface area contributed by atoms with Gasteiger partial charge >= 0.3 is 6.03 Å². The van der Waals surface area contributed by atoms with Crippen LogP contribution in [0, 0.1) is 0 Å².